The van der Waals surface area contributed by atoms with E-state index in [1.807, 2.05) is 6.92 Å². The summed E-state index contributed by atoms with van der Waals surface area (Å²) < 4.78 is 40.3. The Bertz CT molecular complexity index is 881. The molecule has 0 aliphatic carbocycles. The van der Waals surface area contributed by atoms with E-state index in [1.54, 1.807) is 24.3 Å². The van der Waals surface area contributed by atoms with Gasteiger partial charge in [0.15, 0.2) is 23.7 Å². The summed E-state index contributed by atoms with van der Waals surface area (Å²) in [5.74, 6) is -2.86. The first kappa shape index (κ1) is 25.5. The van der Waals surface area contributed by atoms with Gasteiger partial charge in [-0.3, -0.25) is 23.4 Å². The minimum atomic E-state index is -1.89. The van der Waals surface area contributed by atoms with E-state index in [0.29, 0.717) is 4.90 Å². The second-order valence-corrected chi connectivity index (χ2v) is 8.71. The molecule has 0 amide bonds. The molecular formula is C21H26O10S. The lowest BCUT2D eigenvalue weighted by atomic mass is 9.99. The lowest BCUT2D eigenvalue weighted by Crippen LogP contribution is -2.63. The van der Waals surface area contributed by atoms with Crippen molar-refractivity contribution in [1.82, 2.24) is 0 Å². The normalized spacial score (nSPS) is 25.8. The Morgan fingerprint density at radius 3 is 1.81 bits per heavy atom. The SMILES string of the molecule is CC(=O)OC[C@H]1O[C@@H](S(=O)c2ccc(C)cc2)[C@H](OC(C)=O)[C@@H](OC(C)=O)[C@@H]1OC(C)=O. The van der Waals surface area contributed by atoms with E-state index in [4.69, 9.17) is 23.7 Å². The van der Waals surface area contributed by atoms with Crippen molar-refractivity contribution >= 4 is 34.7 Å². The maximum atomic E-state index is 13.4. The topological polar surface area (TPSA) is 132 Å². The van der Waals surface area contributed by atoms with Gasteiger partial charge in [0, 0.05) is 32.6 Å². The van der Waals surface area contributed by atoms with Crippen LogP contribution in [0.5, 0.6) is 0 Å². The Morgan fingerprint density at radius 1 is 0.812 bits per heavy atom. The van der Waals surface area contributed by atoms with E-state index in [-0.39, 0.29) is 6.61 Å². The molecular weight excluding hydrogens is 444 g/mol. The maximum absolute atomic E-state index is 13.4. The smallest absolute Gasteiger partial charge is 0.303 e. The standard InChI is InChI=1S/C21H26O10S/c1-11-6-8-16(9-7-11)32(26)21-20(30-15(5)25)19(29-14(4)24)18(28-13(3)23)17(31-21)10-27-12(2)22/h6-9,17-21H,10H2,1-5H3/t17-,18-,19+,20-,21+,32?/m1/s1. The highest BCUT2D eigenvalue weighted by atomic mass is 32.2. The van der Waals surface area contributed by atoms with E-state index < -0.39 is 64.5 Å². The molecule has 176 valence electrons. The number of rotatable bonds is 7. The highest BCUT2D eigenvalue weighted by Crippen LogP contribution is 2.32. The lowest BCUT2D eigenvalue weighted by molar-refractivity contribution is -0.238. The van der Waals surface area contributed by atoms with Crippen LogP contribution < -0.4 is 0 Å². The molecule has 1 fully saturated rings. The van der Waals surface area contributed by atoms with Crippen molar-refractivity contribution in [2.45, 2.75) is 69.4 Å². The fourth-order valence-electron chi connectivity index (χ4n) is 3.17. The summed E-state index contributed by atoms with van der Waals surface area (Å²) in [6.07, 6.45) is -5.14. The summed E-state index contributed by atoms with van der Waals surface area (Å²) in [5, 5.41) is 0. The van der Waals surface area contributed by atoms with Gasteiger partial charge in [0.2, 0.25) is 0 Å². The predicted octanol–water partition coefficient (Wildman–Crippen LogP) is 1.19. The third-order valence-electron chi connectivity index (χ3n) is 4.41. The predicted molar refractivity (Wildman–Crippen MR) is 110 cm³/mol. The van der Waals surface area contributed by atoms with Gasteiger partial charge in [0.25, 0.3) is 0 Å². The van der Waals surface area contributed by atoms with Gasteiger partial charge in [-0.15, -0.1) is 0 Å². The number of carbonyl (C=O) groups is 4. The number of aryl methyl sites for hydroxylation is 1. The minimum Gasteiger partial charge on any atom is -0.463 e. The van der Waals surface area contributed by atoms with E-state index in [1.165, 1.54) is 6.92 Å². The van der Waals surface area contributed by atoms with Crippen LogP contribution in [-0.4, -0.2) is 64.5 Å². The highest BCUT2D eigenvalue weighted by Gasteiger charge is 2.54. The van der Waals surface area contributed by atoms with Gasteiger partial charge in [-0.1, -0.05) is 17.7 Å². The van der Waals surface area contributed by atoms with Crippen LogP contribution in [-0.2, 0) is 53.7 Å². The molecule has 11 heteroatoms. The number of carbonyl (C=O) groups excluding carboxylic acids is 4. The Kier molecular flexibility index (Phi) is 8.90. The summed E-state index contributed by atoms with van der Waals surface area (Å²) in [6, 6.07) is 6.75. The first-order valence-electron chi connectivity index (χ1n) is 9.77. The van der Waals surface area contributed by atoms with E-state index in [2.05, 4.69) is 0 Å². The van der Waals surface area contributed by atoms with Crippen LogP contribution >= 0.6 is 0 Å². The molecule has 0 bridgehead atoms. The average molecular weight is 470 g/mol. The molecule has 0 saturated carbocycles. The molecule has 0 spiro atoms. The Hall–Kier alpha value is -2.79. The summed E-state index contributed by atoms with van der Waals surface area (Å²) in [4.78, 5) is 47.1. The third-order valence-corrected chi connectivity index (χ3v) is 5.95. The molecule has 1 heterocycles. The van der Waals surface area contributed by atoms with Crippen LogP contribution in [0.4, 0.5) is 0 Å². The fraction of sp³-hybridized carbons (Fsp3) is 0.524. The molecule has 2 rings (SSSR count). The fourth-order valence-corrected chi connectivity index (χ4v) is 4.54. The van der Waals surface area contributed by atoms with Crippen molar-refractivity contribution in [1.29, 1.82) is 0 Å². The molecule has 1 aliphatic heterocycles. The number of hydrogen-bond donors (Lipinski definition) is 0. The van der Waals surface area contributed by atoms with Crippen molar-refractivity contribution in [2.24, 2.45) is 0 Å². The van der Waals surface area contributed by atoms with Crippen molar-refractivity contribution in [3.05, 3.63) is 29.8 Å². The number of ether oxygens (including phenoxy) is 5. The number of hydrogen-bond acceptors (Lipinski definition) is 10. The number of esters is 4. The van der Waals surface area contributed by atoms with Gasteiger partial charge in [-0.25, -0.2) is 0 Å². The summed E-state index contributed by atoms with van der Waals surface area (Å²) in [6.45, 7) is 6.04. The second kappa shape index (κ2) is 11.2. The van der Waals surface area contributed by atoms with Gasteiger partial charge >= 0.3 is 23.9 Å². The van der Waals surface area contributed by atoms with Gasteiger partial charge in [-0.2, -0.15) is 0 Å². The summed E-state index contributed by atoms with van der Waals surface area (Å²) >= 11 is 0. The van der Waals surface area contributed by atoms with E-state index >= 15 is 0 Å². The Morgan fingerprint density at radius 2 is 1.31 bits per heavy atom. The van der Waals surface area contributed by atoms with E-state index in [0.717, 1.165) is 26.3 Å². The van der Waals surface area contributed by atoms with Crippen molar-refractivity contribution in [3.8, 4) is 0 Å². The largest absolute Gasteiger partial charge is 0.463 e. The first-order chi connectivity index (χ1) is 15.0. The zero-order valence-electron chi connectivity index (χ0n) is 18.4. The van der Waals surface area contributed by atoms with Gasteiger partial charge < -0.3 is 23.7 Å². The quantitative estimate of drug-likeness (QED) is 0.423. The van der Waals surface area contributed by atoms with Crippen molar-refractivity contribution in [3.63, 3.8) is 0 Å². The lowest BCUT2D eigenvalue weighted by Gasteiger charge is -2.43. The van der Waals surface area contributed by atoms with Crippen LogP contribution in [0.1, 0.15) is 33.3 Å². The van der Waals surface area contributed by atoms with Crippen LogP contribution in [0, 0.1) is 6.92 Å². The highest BCUT2D eigenvalue weighted by molar-refractivity contribution is 7.85. The van der Waals surface area contributed by atoms with Crippen molar-refractivity contribution in [2.75, 3.05) is 6.61 Å². The molecule has 0 aromatic heterocycles. The van der Waals surface area contributed by atoms with Crippen LogP contribution in [0.3, 0.4) is 0 Å². The molecule has 6 atom stereocenters. The summed E-state index contributed by atoms with van der Waals surface area (Å²) in [7, 11) is -1.89. The Balaban J connectivity index is 2.52. The Labute approximate surface area is 187 Å². The molecule has 32 heavy (non-hydrogen) atoms. The zero-order chi connectivity index (χ0) is 24.0. The van der Waals surface area contributed by atoms with Gasteiger partial charge in [0.05, 0.1) is 10.8 Å². The van der Waals surface area contributed by atoms with Crippen molar-refractivity contribution < 1.29 is 47.1 Å². The first-order valence-corrected chi connectivity index (χ1v) is 11.0. The molecule has 1 unspecified atom stereocenters. The van der Waals surface area contributed by atoms with Crippen LogP contribution in [0.15, 0.2) is 29.2 Å². The molecule has 1 aromatic rings. The van der Waals surface area contributed by atoms with Crippen LogP contribution in [0.25, 0.3) is 0 Å². The second-order valence-electron chi connectivity index (χ2n) is 7.18. The molecule has 0 N–H and O–H groups in total. The van der Waals surface area contributed by atoms with E-state index in [9.17, 15) is 23.4 Å². The zero-order valence-corrected chi connectivity index (χ0v) is 19.2. The average Bonchev–Trinajstić information content (AvgIpc) is 2.68. The summed E-state index contributed by atoms with van der Waals surface area (Å²) in [5.41, 5.74) is -0.370. The molecule has 0 radical (unpaired) electrons. The maximum Gasteiger partial charge on any atom is 0.303 e. The van der Waals surface area contributed by atoms with Crippen LogP contribution in [0.2, 0.25) is 0 Å². The molecule has 10 nitrogen and oxygen atoms in total. The molecule has 1 aromatic carbocycles. The van der Waals surface area contributed by atoms with Gasteiger partial charge in [0.1, 0.15) is 12.7 Å². The van der Waals surface area contributed by atoms with Gasteiger partial charge in [-0.05, 0) is 19.1 Å². The third kappa shape index (κ3) is 6.86. The minimum absolute atomic E-state index is 0.372. The number of benzene rings is 1. The monoisotopic (exact) mass is 470 g/mol. The molecule has 1 aliphatic rings. The molecule has 1 saturated heterocycles.